The van der Waals surface area contributed by atoms with E-state index in [9.17, 15) is 14.4 Å². The first kappa shape index (κ1) is 25.5. The molecule has 1 saturated carbocycles. The minimum absolute atomic E-state index is 0.173. The zero-order valence-corrected chi connectivity index (χ0v) is 21.4. The van der Waals surface area contributed by atoms with Gasteiger partial charge in [0.25, 0.3) is 0 Å². The molecule has 190 valence electrons. The third-order valence-corrected chi connectivity index (χ3v) is 7.47. The number of carbonyl (C=O) groups excluding carboxylic acids is 3. The second kappa shape index (κ2) is 11.4. The average molecular weight is 503 g/mol. The molecule has 1 aliphatic carbocycles. The van der Waals surface area contributed by atoms with E-state index in [4.69, 9.17) is 16.3 Å². The van der Waals surface area contributed by atoms with Gasteiger partial charge in [-0.2, -0.15) is 0 Å². The van der Waals surface area contributed by atoms with Crippen molar-refractivity contribution in [1.82, 2.24) is 20.0 Å². The fourth-order valence-corrected chi connectivity index (χ4v) is 5.53. The number of halogens is 1. The summed E-state index contributed by atoms with van der Waals surface area (Å²) in [5.41, 5.74) is 1.76. The van der Waals surface area contributed by atoms with Crippen molar-refractivity contribution in [2.45, 2.75) is 45.1 Å². The Morgan fingerprint density at radius 1 is 1.11 bits per heavy atom. The highest BCUT2D eigenvalue weighted by Gasteiger charge is 2.38. The van der Waals surface area contributed by atoms with Crippen molar-refractivity contribution in [1.29, 1.82) is 0 Å². The number of amides is 3. The summed E-state index contributed by atoms with van der Waals surface area (Å²) < 4.78 is 5.42. The molecular weight excluding hydrogens is 468 g/mol. The molecule has 1 aromatic carbocycles. The van der Waals surface area contributed by atoms with E-state index >= 15 is 0 Å². The van der Waals surface area contributed by atoms with E-state index in [1.54, 1.807) is 32.2 Å². The number of hydrogen-bond acceptors (Lipinski definition) is 5. The van der Waals surface area contributed by atoms with E-state index in [1.807, 2.05) is 11.0 Å². The van der Waals surface area contributed by atoms with E-state index in [2.05, 4.69) is 10.2 Å². The van der Waals surface area contributed by atoms with Crippen molar-refractivity contribution in [3.05, 3.63) is 46.1 Å². The van der Waals surface area contributed by atoms with Gasteiger partial charge in [0, 0.05) is 56.4 Å². The number of nitrogens with zero attached hydrogens (tertiary/aromatic N) is 3. The van der Waals surface area contributed by atoms with Gasteiger partial charge in [0.2, 0.25) is 5.91 Å². The quantitative estimate of drug-likeness (QED) is 0.601. The van der Waals surface area contributed by atoms with E-state index in [-0.39, 0.29) is 24.5 Å². The summed E-state index contributed by atoms with van der Waals surface area (Å²) in [6.45, 7) is 5.29. The molecule has 8 nitrogen and oxygen atoms in total. The van der Waals surface area contributed by atoms with Gasteiger partial charge in [-0.3, -0.25) is 14.6 Å². The molecule has 1 atom stereocenters. The molecule has 0 radical (unpaired) electrons. The molecule has 2 aliphatic heterocycles. The lowest BCUT2D eigenvalue weighted by atomic mass is 9.94. The summed E-state index contributed by atoms with van der Waals surface area (Å²) in [5.74, 6) is 0.00412. The standard InChI is InChI=1S/C26H35ClN4O4/c1-3-35-25(33)22-21(29(2)26(34)28-23(22)19-10-6-11-20(27)16-19)17-30-12-7-13-31(15-14-30)24(32)18-8-4-5-9-18/h6,10-11,16,18,23H,3-5,7-9,12-15,17H2,1-2H3,(H,28,34). The molecule has 35 heavy (non-hydrogen) atoms. The summed E-state index contributed by atoms with van der Waals surface area (Å²) in [6.07, 6.45) is 5.14. The van der Waals surface area contributed by atoms with E-state index in [0.717, 1.165) is 50.8 Å². The minimum atomic E-state index is -0.654. The average Bonchev–Trinajstić information content (AvgIpc) is 3.28. The van der Waals surface area contributed by atoms with Crippen LogP contribution in [0.25, 0.3) is 0 Å². The molecule has 4 rings (SSSR count). The predicted octanol–water partition coefficient (Wildman–Crippen LogP) is 3.58. The van der Waals surface area contributed by atoms with Gasteiger partial charge in [0.05, 0.1) is 18.2 Å². The first-order valence-corrected chi connectivity index (χ1v) is 13.0. The molecule has 0 aromatic heterocycles. The van der Waals surface area contributed by atoms with Crippen molar-refractivity contribution in [2.24, 2.45) is 5.92 Å². The maximum atomic E-state index is 13.2. The Balaban J connectivity index is 1.58. The first-order valence-electron chi connectivity index (χ1n) is 12.6. The number of rotatable bonds is 6. The largest absolute Gasteiger partial charge is 0.463 e. The molecular formula is C26H35ClN4O4. The summed E-state index contributed by atoms with van der Waals surface area (Å²) in [7, 11) is 1.67. The van der Waals surface area contributed by atoms with E-state index < -0.39 is 12.0 Å². The molecule has 9 heteroatoms. The normalized spacial score (nSPS) is 22.3. The zero-order valence-electron chi connectivity index (χ0n) is 20.6. The topological polar surface area (TPSA) is 82.2 Å². The van der Waals surface area contributed by atoms with Crippen molar-refractivity contribution in [3.8, 4) is 0 Å². The zero-order chi connectivity index (χ0) is 24.9. The van der Waals surface area contributed by atoms with Crippen molar-refractivity contribution in [2.75, 3.05) is 46.4 Å². The fraction of sp³-hybridized carbons (Fsp3) is 0.577. The highest BCUT2D eigenvalue weighted by Crippen LogP contribution is 2.33. The van der Waals surface area contributed by atoms with Crippen LogP contribution in [0, 0.1) is 5.92 Å². The van der Waals surface area contributed by atoms with E-state index in [0.29, 0.717) is 35.9 Å². The molecule has 1 saturated heterocycles. The van der Waals surface area contributed by atoms with Crippen LogP contribution in [0.1, 0.15) is 50.6 Å². The van der Waals surface area contributed by atoms with Gasteiger partial charge in [-0.05, 0) is 43.9 Å². The molecule has 0 spiro atoms. The monoisotopic (exact) mass is 502 g/mol. The number of urea groups is 1. The summed E-state index contributed by atoms with van der Waals surface area (Å²) in [4.78, 5) is 44.8. The van der Waals surface area contributed by atoms with Crippen LogP contribution in [0.2, 0.25) is 5.02 Å². The summed E-state index contributed by atoms with van der Waals surface area (Å²) >= 11 is 6.22. The number of nitrogens with one attached hydrogen (secondary N) is 1. The third kappa shape index (κ3) is 5.81. The highest BCUT2D eigenvalue weighted by atomic mass is 35.5. The Hall–Kier alpha value is -2.58. The second-order valence-corrected chi connectivity index (χ2v) is 9.95. The Bertz CT molecular complexity index is 991. The number of carbonyl (C=O) groups is 3. The van der Waals surface area contributed by atoms with Crippen molar-refractivity contribution >= 4 is 29.5 Å². The molecule has 1 unspecified atom stereocenters. The number of benzene rings is 1. The predicted molar refractivity (Wildman–Crippen MR) is 134 cm³/mol. The van der Waals surface area contributed by atoms with Crippen LogP contribution in [0.3, 0.4) is 0 Å². The lowest BCUT2D eigenvalue weighted by Crippen LogP contribution is -2.49. The SMILES string of the molecule is CCOC(=O)C1=C(CN2CCCN(C(=O)C3CCCC3)CC2)N(C)C(=O)NC1c1cccc(Cl)c1. The first-order chi connectivity index (χ1) is 16.9. The minimum Gasteiger partial charge on any atom is -0.463 e. The summed E-state index contributed by atoms with van der Waals surface area (Å²) in [6, 6.07) is 6.22. The number of esters is 1. The Kier molecular flexibility index (Phi) is 8.34. The summed E-state index contributed by atoms with van der Waals surface area (Å²) in [5, 5.41) is 3.46. The van der Waals surface area contributed by atoms with Crippen LogP contribution in [0.4, 0.5) is 4.79 Å². The smallest absolute Gasteiger partial charge is 0.338 e. The molecule has 0 bridgehead atoms. The number of hydrogen-bond donors (Lipinski definition) is 1. The molecule has 3 aliphatic rings. The van der Waals surface area contributed by atoms with Crippen LogP contribution in [-0.4, -0.2) is 79.0 Å². The van der Waals surface area contributed by atoms with Gasteiger partial charge in [-0.1, -0.05) is 36.6 Å². The van der Waals surface area contributed by atoms with Gasteiger partial charge in [-0.25, -0.2) is 9.59 Å². The van der Waals surface area contributed by atoms with Gasteiger partial charge >= 0.3 is 12.0 Å². The van der Waals surface area contributed by atoms with Gasteiger partial charge < -0.3 is 15.0 Å². The van der Waals surface area contributed by atoms with Crippen molar-refractivity contribution in [3.63, 3.8) is 0 Å². The van der Waals surface area contributed by atoms with Gasteiger partial charge in [0.15, 0.2) is 0 Å². The Morgan fingerprint density at radius 2 is 1.89 bits per heavy atom. The molecule has 2 fully saturated rings. The Labute approximate surface area is 212 Å². The van der Waals surface area contributed by atoms with E-state index in [1.165, 1.54) is 4.90 Å². The van der Waals surface area contributed by atoms with Crippen molar-refractivity contribution < 1.29 is 19.1 Å². The molecule has 1 aromatic rings. The fourth-order valence-electron chi connectivity index (χ4n) is 5.33. The van der Waals surface area contributed by atoms with Gasteiger partial charge in [0.1, 0.15) is 0 Å². The lowest BCUT2D eigenvalue weighted by molar-refractivity contribution is -0.139. The van der Waals surface area contributed by atoms with Crippen LogP contribution >= 0.6 is 11.6 Å². The highest BCUT2D eigenvalue weighted by molar-refractivity contribution is 6.30. The lowest BCUT2D eigenvalue weighted by Gasteiger charge is -2.36. The van der Waals surface area contributed by atoms with Crippen LogP contribution in [0.15, 0.2) is 35.5 Å². The van der Waals surface area contributed by atoms with Crippen LogP contribution in [-0.2, 0) is 14.3 Å². The maximum absolute atomic E-state index is 13.2. The van der Waals surface area contributed by atoms with Crippen LogP contribution < -0.4 is 5.32 Å². The van der Waals surface area contributed by atoms with Crippen LogP contribution in [0.5, 0.6) is 0 Å². The Morgan fingerprint density at radius 3 is 2.60 bits per heavy atom. The second-order valence-electron chi connectivity index (χ2n) is 9.51. The number of ether oxygens (including phenoxy) is 1. The van der Waals surface area contributed by atoms with Gasteiger partial charge in [-0.15, -0.1) is 0 Å². The third-order valence-electron chi connectivity index (χ3n) is 7.23. The molecule has 1 N–H and O–H groups in total. The molecule has 3 amide bonds. The maximum Gasteiger partial charge on any atom is 0.338 e. The number of likely N-dealkylation sites (N-methyl/N-ethyl adjacent to an activating group) is 1. The molecule has 2 heterocycles.